The van der Waals surface area contributed by atoms with Gasteiger partial charge in [0, 0.05) is 23.3 Å². The van der Waals surface area contributed by atoms with Crippen molar-refractivity contribution < 1.29 is 23.7 Å². The zero-order chi connectivity index (χ0) is 21.9. The Balaban J connectivity index is 1.61. The first-order chi connectivity index (χ1) is 14.1. The summed E-state index contributed by atoms with van der Waals surface area (Å²) in [6, 6.07) is 15.9. The highest BCUT2D eigenvalue weighted by atomic mass is 16.6. The maximum Gasteiger partial charge on any atom is 0.374 e. The molecule has 0 saturated heterocycles. The number of nitrogens with zero attached hydrogens (tertiary/aromatic N) is 1. The molecule has 0 fully saturated rings. The third kappa shape index (κ3) is 4.81. The third-order valence-corrected chi connectivity index (χ3v) is 4.58. The second-order valence-corrected chi connectivity index (χ2v) is 7.79. The Morgan fingerprint density at radius 3 is 2.17 bits per heavy atom. The molecule has 0 radical (unpaired) electrons. The molecule has 0 aliphatic carbocycles. The Kier molecular flexibility index (Phi) is 5.82. The van der Waals surface area contributed by atoms with E-state index in [1.54, 1.807) is 18.2 Å². The van der Waals surface area contributed by atoms with Crippen LogP contribution in [0.25, 0.3) is 11.3 Å². The van der Waals surface area contributed by atoms with Gasteiger partial charge in [-0.25, -0.2) is 4.79 Å². The summed E-state index contributed by atoms with van der Waals surface area (Å²) in [7, 11) is 0. The summed E-state index contributed by atoms with van der Waals surface area (Å²) in [5.41, 5.74) is 2.08. The monoisotopic (exact) mass is 407 g/mol. The van der Waals surface area contributed by atoms with Crippen molar-refractivity contribution in [1.82, 2.24) is 0 Å². The minimum Gasteiger partial charge on any atom is -0.451 e. The van der Waals surface area contributed by atoms with E-state index in [-0.39, 0.29) is 22.6 Å². The van der Waals surface area contributed by atoms with Crippen LogP contribution in [0.3, 0.4) is 0 Å². The lowest BCUT2D eigenvalue weighted by Gasteiger charge is -2.18. The summed E-state index contributed by atoms with van der Waals surface area (Å²) < 4.78 is 10.5. The summed E-state index contributed by atoms with van der Waals surface area (Å²) >= 11 is 0. The number of ketones is 1. The number of nitro benzene ring substituents is 1. The number of carbonyl (C=O) groups excluding carboxylic acids is 2. The van der Waals surface area contributed by atoms with Crippen LogP contribution in [-0.4, -0.2) is 23.3 Å². The van der Waals surface area contributed by atoms with Crippen molar-refractivity contribution in [3.05, 3.63) is 87.7 Å². The molecule has 1 heterocycles. The van der Waals surface area contributed by atoms with E-state index in [2.05, 4.69) is 20.8 Å². The lowest BCUT2D eigenvalue weighted by Crippen LogP contribution is -2.15. The molecule has 0 aliphatic heterocycles. The van der Waals surface area contributed by atoms with Gasteiger partial charge in [-0.15, -0.1) is 0 Å². The van der Waals surface area contributed by atoms with E-state index in [0.29, 0.717) is 16.9 Å². The summed E-state index contributed by atoms with van der Waals surface area (Å²) in [6.07, 6.45) is 0. The van der Waals surface area contributed by atoms with E-state index in [1.165, 1.54) is 30.3 Å². The molecule has 7 heteroatoms. The van der Waals surface area contributed by atoms with Crippen molar-refractivity contribution in [1.29, 1.82) is 0 Å². The smallest absolute Gasteiger partial charge is 0.374 e. The SMILES string of the molecule is CC(C)(C)c1ccc(C(=O)COC(=O)c2ccc(-c3ccc([N+](=O)[O-])cc3)o2)cc1. The van der Waals surface area contributed by atoms with E-state index >= 15 is 0 Å². The Morgan fingerprint density at radius 2 is 1.60 bits per heavy atom. The highest BCUT2D eigenvalue weighted by Gasteiger charge is 2.18. The maximum absolute atomic E-state index is 12.3. The van der Waals surface area contributed by atoms with Crippen molar-refractivity contribution >= 4 is 17.4 Å². The highest BCUT2D eigenvalue weighted by molar-refractivity contribution is 5.99. The summed E-state index contributed by atoms with van der Waals surface area (Å²) in [6.45, 7) is 5.85. The predicted molar refractivity (Wildman–Crippen MR) is 111 cm³/mol. The number of non-ortho nitro benzene ring substituents is 1. The number of carbonyl (C=O) groups is 2. The first-order valence-electron chi connectivity index (χ1n) is 9.31. The number of furan rings is 1. The Hall–Kier alpha value is -3.74. The Morgan fingerprint density at radius 1 is 0.967 bits per heavy atom. The van der Waals surface area contributed by atoms with Crippen LogP contribution in [0.15, 0.2) is 65.1 Å². The van der Waals surface area contributed by atoms with Gasteiger partial charge in [-0.05, 0) is 35.2 Å². The van der Waals surface area contributed by atoms with Crippen LogP contribution < -0.4 is 0 Å². The summed E-state index contributed by atoms with van der Waals surface area (Å²) in [4.78, 5) is 34.7. The number of benzene rings is 2. The van der Waals surface area contributed by atoms with Gasteiger partial charge in [0.25, 0.3) is 5.69 Å². The van der Waals surface area contributed by atoms with Crippen molar-refractivity contribution in [2.45, 2.75) is 26.2 Å². The van der Waals surface area contributed by atoms with E-state index < -0.39 is 17.5 Å². The summed E-state index contributed by atoms with van der Waals surface area (Å²) in [5, 5.41) is 10.7. The number of esters is 1. The third-order valence-electron chi connectivity index (χ3n) is 4.58. The molecule has 3 rings (SSSR count). The van der Waals surface area contributed by atoms with E-state index in [0.717, 1.165) is 5.56 Å². The number of nitro groups is 1. The van der Waals surface area contributed by atoms with Crippen LogP contribution in [0.4, 0.5) is 5.69 Å². The van der Waals surface area contributed by atoms with Gasteiger partial charge >= 0.3 is 5.97 Å². The number of Topliss-reactive ketones (excluding diaryl/α,β-unsaturated/α-hetero) is 1. The molecule has 154 valence electrons. The zero-order valence-electron chi connectivity index (χ0n) is 16.9. The molecule has 0 unspecified atom stereocenters. The standard InChI is InChI=1S/C23H21NO6/c1-23(2,3)17-8-4-15(5-9-17)19(25)14-29-22(26)21-13-12-20(30-21)16-6-10-18(11-7-16)24(27)28/h4-13H,14H2,1-3H3. The van der Waals surface area contributed by atoms with Crippen LogP contribution in [0.1, 0.15) is 47.2 Å². The van der Waals surface area contributed by atoms with Gasteiger partial charge in [-0.3, -0.25) is 14.9 Å². The van der Waals surface area contributed by atoms with E-state index in [4.69, 9.17) is 9.15 Å². The second kappa shape index (κ2) is 8.32. The van der Waals surface area contributed by atoms with Gasteiger partial charge in [0.1, 0.15) is 5.76 Å². The van der Waals surface area contributed by atoms with Crippen LogP contribution >= 0.6 is 0 Å². The molecule has 0 amide bonds. The molecule has 0 saturated carbocycles. The molecular weight excluding hydrogens is 386 g/mol. The fourth-order valence-corrected chi connectivity index (χ4v) is 2.79. The molecule has 2 aromatic carbocycles. The number of hydrogen-bond acceptors (Lipinski definition) is 6. The summed E-state index contributed by atoms with van der Waals surface area (Å²) in [5.74, 6) is -0.769. The van der Waals surface area contributed by atoms with Crippen LogP contribution in [0, 0.1) is 10.1 Å². The van der Waals surface area contributed by atoms with E-state index in [1.807, 2.05) is 12.1 Å². The van der Waals surface area contributed by atoms with Gasteiger partial charge in [-0.1, -0.05) is 45.0 Å². The minimum absolute atomic E-state index is 0.0191. The predicted octanol–water partition coefficient (Wildman–Crippen LogP) is 5.19. The lowest BCUT2D eigenvalue weighted by atomic mass is 9.86. The number of hydrogen-bond donors (Lipinski definition) is 0. The van der Waals surface area contributed by atoms with Crippen molar-refractivity contribution in [3.8, 4) is 11.3 Å². The van der Waals surface area contributed by atoms with Gasteiger partial charge in [-0.2, -0.15) is 0 Å². The highest BCUT2D eigenvalue weighted by Crippen LogP contribution is 2.25. The normalized spacial score (nSPS) is 11.2. The average Bonchev–Trinajstić information content (AvgIpc) is 3.21. The number of ether oxygens (including phenoxy) is 1. The van der Waals surface area contributed by atoms with Crippen LogP contribution in [0.5, 0.6) is 0 Å². The Labute approximate surface area is 173 Å². The lowest BCUT2D eigenvalue weighted by molar-refractivity contribution is -0.384. The molecule has 0 spiro atoms. The van der Waals surface area contributed by atoms with Crippen molar-refractivity contribution in [3.63, 3.8) is 0 Å². The molecule has 0 aliphatic rings. The number of rotatable bonds is 6. The van der Waals surface area contributed by atoms with E-state index in [9.17, 15) is 19.7 Å². The van der Waals surface area contributed by atoms with Crippen molar-refractivity contribution in [2.75, 3.05) is 6.61 Å². The first kappa shape index (κ1) is 21.0. The molecule has 7 nitrogen and oxygen atoms in total. The fraction of sp³-hybridized carbons (Fsp3) is 0.217. The topological polar surface area (TPSA) is 99.7 Å². The molecule has 1 aromatic heterocycles. The Bertz CT molecular complexity index is 1070. The molecule has 0 N–H and O–H groups in total. The molecule has 3 aromatic rings. The maximum atomic E-state index is 12.3. The molecule has 0 bridgehead atoms. The first-order valence-corrected chi connectivity index (χ1v) is 9.31. The van der Waals surface area contributed by atoms with Gasteiger partial charge in [0.2, 0.25) is 5.76 Å². The molecule has 30 heavy (non-hydrogen) atoms. The minimum atomic E-state index is -0.761. The zero-order valence-corrected chi connectivity index (χ0v) is 16.9. The van der Waals surface area contributed by atoms with Gasteiger partial charge < -0.3 is 9.15 Å². The van der Waals surface area contributed by atoms with Gasteiger partial charge in [0.05, 0.1) is 4.92 Å². The van der Waals surface area contributed by atoms with Gasteiger partial charge in [0.15, 0.2) is 12.4 Å². The van der Waals surface area contributed by atoms with Crippen LogP contribution in [0.2, 0.25) is 0 Å². The second-order valence-electron chi connectivity index (χ2n) is 7.79. The largest absolute Gasteiger partial charge is 0.451 e. The van der Waals surface area contributed by atoms with Crippen molar-refractivity contribution in [2.24, 2.45) is 0 Å². The van der Waals surface area contributed by atoms with Crippen LogP contribution in [-0.2, 0) is 10.2 Å². The quantitative estimate of drug-likeness (QED) is 0.241. The average molecular weight is 407 g/mol. The molecular formula is C23H21NO6. The fourth-order valence-electron chi connectivity index (χ4n) is 2.79. The molecule has 0 atom stereocenters.